The first-order chi connectivity index (χ1) is 13.8. The molecule has 9 heteroatoms. The highest BCUT2D eigenvalue weighted by molar-refractivity contribution is 7.89. The summed E-state index contributed by atoms with van der Waals surface area (Å²) < 4.78 is 58.6. The monoisotopic (exact) mass is 419 g/mol. The number of halogens is 2. The Morgan fingerprint density at radius 3 is 2.38 bits per heavy atom. The fourth-order valence-electron chi connectivity index (χ4n) is 3.35. The second kappa shape index (κ2) is 7.64. The van der Waals surface area contributed by atoms with E-state index in [2.05, 4.69) is 10.1 Å². The smallest absolute Gasteiger partial charge is 0.257 e. The van der Waals surface area contributed by atoms with E-state index in [4.69, 9.17) is 4.52 Å². The number of benzene rings is 2. The van der Waals surface area contributed by atoms with Gasteiger partial charge in [-0.05, 0) is 50.1 Å². The highest BCUT2D eigenvalue weighted by Gasteiger charge is 2.32. The number of piperidine rings is 1. The highest BCUT2D eigenvalue weighted by Crippen LogP contribution is 2.31. The molecule has 3 aromatic rings. The first kappa shape index (κ1) is 19.7. The molecule has 29 heavy (non-hydrogen) atoms. The van der Waals surface area contributed by atoms with Crippen LogP contribution in [0.5, 0.6) is 0 Å². The Morgan fingerprint density at radius 2 is 1.72 bits per heavy atom. The van der Waals surface area contributed by atoms with Gasteiger partial charge >= 0.3 is 0 Å². The molecular formula is C20H19F2N3O3S. The van der Waals surface area contributed by atoms with E-state index in [0.29, 0.717) is 30.6 Å². The first-order valence-electron chi connectivity index (χ1n) is 9.20. The Labute approximate surface area is 167 Å². The van der Waals surface area contributed by atoms with Crippen molar-refractivity contribution in [1.82, 2.24) is 14.4 Å². The van der Waals surface area contributed by atoms with Gasteiger partial charge in [-0.2, -0.15) is 9.29 Å². The summed E-state index contributed by atoms with van der Waals surface area (Å²) in [5.74, 6) is -1.32. The summed E-state index contributed by atoms with van der Waals surface area (Å²) in [6.07, 6.45) is 1.02. The zero-order valence-corrected chi connectivity index (χ0v) is 16.5. The third kappa shape index (κ3) is 3.92. The largest absolute Gasteiger partial charge is 0.334 e. The van der Waals surface area contributed by atoms with E-state index < -0.39 is 21.7 Å². The van der Waals surface area contributed by atoms with Crippen LogP contribution < -0.4 is 0 Å². The average molecular weight is 419 g/mol. The van der Waals surface area contributed by atoms with Gasteiger partial charge in [0.1, 0.15) is 0 Å². The average Bonchev–Trinajstić information content (AvgIpc) is 3.21. The molecule has 1 saturated heterocycles. The van der Waals surface area contributed by atoms with Crippen molar-refractivity contribution in [2.75, 3.05) is 13.1 Å². The van der Waals surface area contributed by atoms with Gasteiger partial charge in [-0.15, -0.1) is 0 Å². The van der Waals surface area contributed by atoms with Crippen LogP contribution in [0.25, 0.3) is 11.5 Å². The second-order valence-electron chi connectivity index (χ2n) is 7.08. The summed E-state index contributed by atoms with van der Waals surface area (Å²) in [5.41, 5.74) is 1.95. The van der Waals surface area contributed by atoms with E-state index >= 15 is 0 Å². The van der Waals surface area contributed by atoms with Gasteiger partial charge in [-0.1, -0.05) is 22.9 Å². The SMILES string of the molecule is Cc1ccc(-c2nc(C3CCN(S(=O)(=O)c4ccc(F)c(F)c4)CC3)no2)cc1. The fourth-order valence-corrected chi connectivity index (χ4v) is 4.84. The molecule has 0 atom stereocenters. The molecule has 1 aliphatic heterocycles. The van der Waals surface area contributed by atoms with Crippen LogP contribution in [0, 0.1) is 18.6 Å². The molecule has 2 heterocycles. The summed E-state index contributed by atoms with van der Waals surface area (Å²) in [6.45, 7) is 2.46. The van der Waals surface area contributed by atoms with Crippen molar-refractivity contribution in [3.8, 4) is 11.5 Å². The van der Waals surface area contributed by atoms with Gasteiger partial charge in [-0.3, -0.25) is 0 Å². The molecule has 0 saturated carbocycles. The fraction of sp³-hybridized carbons (Fsp3) is 0.300. The minimum atomic E-state index is -3.89. The van der Waals surface area contributed by atoms with Crippen molar-refractivity contribution in [2.24, 2.45) is 0 Å². The van der Waals surface area contributed by atoms with Crippen LogP contribution >= 0.6 is 0 Å². The Balaban J connectivity index is 1.45. The van der Waals surface area contributed by atoms with Crippen LogP contribution in [0.3, 0.4) is 0 Å². The second-order valence-corrected chi connectivity index (χ2v) is 9.02. The maximum atomic E-state index is 13.4. The van der Waals surface area contributed by atoms with Gasteiger partial charge in [0.25, 0.3) is 5.89 Å². The summed E-state index contributed by atoms with van der Waals surface area (Å²) in [7, 11) is -3.89. The Hall–Kier alpha value is -2.65. The lowest BCUT2D eigenvalue weighted by Crippen LogP contribution is -2.38. The minimum Gasteiger partial charge on any atom is -0.334 e. The molecule has 0 amide bonds. The van der Waals surface area contributed by atoms with Crippen molar-refractivity contribution in [2.45, 2.75) is 30.6 Å². The number of hydrogen-bond donors (Lipinski definition) is 0. The maximum absolute atomic E-state index is 13.4. The zero-order valence-electron chi connectivity index (χ0n) is 15.7. The predicted octanol–water partition coefficient (Wildman–Crippen LogP) is 3.89. The molecular weight excluding hydrogens is 400 g/mol. The third-order valence-electron chi connectivity index (χ3n) is 5.09. The van der Waals surface area contributed by atoms with Gasteiger partial charge in [0.2, 0.25) is 10.0 Å². The number of nitrogens with zero attached hydrogens (tertiary/aromatic N) is 3. The molecule has 6 nitrogen and oxygen atoms in total. The van der Waals surface area contributed by atoms with E-state index in [1.54, 1.807) is 0 Å². The summed E-state index contributed by atoms with van der Waals surface area (Å²) in [5, 5.41) is 4.06. The topological polar surface area (TPSA) is 76.3 Å². The Kier molecular flexibility index (Phi) is 5.18. The van der Waals surface area contributed by atoms with Gasteiger partial charge in [0.15, 0.2) is 17.5 Å². The Morgan fingerprint density at radius 1 is 1.03 bits per heavy atom. The van der Waals surface area contributed by atoms with Crippen molar-refractivity contribution in [1.29, 1.82) is 0 Å². The van der Waals surface area contributed by atoms with Crippen molar-refractivity contribution in [3.63, 3.8) is 0 Å². The van der Waals surface area contributed by atoms with Crippen LogP contribution in [0.15, 0.2) is 51.9 Å². The summed E-state index contributed by atoms with van der Waals surface area (Å²) >= 11 is 0. The molecule has 0 spiro atoms. The molecule has 1 aromatic heterocycles. The van der Waals surface area contributed by atoms with Gasteiger partial charge in [0, 0.05) is 24.6 Å². The molecule has 4 rings (SSSR count). The molecule has 0 aliphatic carbocycles. The zero-order chi connectivity index (χ0) is 20.6. The molecule has 152 valence electrons. The lowest BCUT2D eigenvalue weighted by molar-refractivity contribution is 0.307. The van der Waals surface area contributed by atoms with Crippen LogP contribution in [0.1, 0.15) is 30.1 Å². The third-order valence-corrected chi connectivity index (χ3v) is 6.98. The highest BCUT2D eigenvalue weighted by atomic mass is 32.2. The molecule has 2 aromatic carbocycles. The molecule has 0 radical (unpaired) electrons. The quantitative estimate of drug-likeness (QED) is 0.641. The van der Waals surface area contributed by atoms with Crippen LogP contribution in [-0.4, -0.2) is 36.0 Å². The van der Waals surface area contributed by atoms with Crippen LogP contribution in [0.4, 0.5) is 8.78 Å². The van der Waals surface area contributed by atoms with Crippen LogP contribution in [0.2, 0.25) is 0 Å². The number of sulfonamides is 1. The van der Waals surface area contributed by atoms with Gasteiger partial charge in [0.05, 0.1) is 4.90 Å². The molecule has 0 N–H and O–H groups in total. The molecule has 0 unspecified atom stereocenters. The van der Waals surface area contributed by atoms with E-state index in [-0.39, 0.29) is 23.9 Å². The van der Waals surface area contributed by atoms with Crippen molar-refractivity contribution >= 4 is 10.0 Å². The summed E-state index contributed by atoms with van der Waals surface area (Å²) in [4.78, 5) is 4.21. The van der Waals surface area contributed by atoms with Gasteiger partial charge in [-0.25, -0.2) is 17.2 Å². The van der Waals surface area contributed by atoms with Gasteiger partial charge < -0.3 is 4.52 Å². The normalized spacial score (nSPS) is 16.2. The molecule has 1 fully saturated rings. The lowest BCUT2D eigenvalue weighted by Gasteiger charge is -2.29. The maximum Gasteiger partial charge on any atom is 0.257 e. The van der Waals surface area contributed by atoms with Crippen LogP contribution in [-0.2, 0) is 10.0 Å². The Bertz CT molecular complexity index is 1120. The van der Waals surface area contributed by atoms with Crippen molar-refractivity contribution < 1.29 is 21.7 Å². The number of hydrogen-bond acceptors (Lipinski definition) is 5. The van der Waals surface area contributed by atoms with E-state index in [0.717, 1.165) is 23.3 Å². The van der Waals surface area contributed by atoms with E-state index in [1.165, 1.54) is 4.31 Å². The van der Waals surface area contributed by atoms with Crippen molar-refractivity contribution in [3.05, 3.63) is 65.5 Å². The number of aryl methyl sites for hydroxylation is 1. The first-order valence-corrected chi connectivity index (χ1v) is 10.6. The van der Waals surface area contributed by atoms with E-state index in [1.807, 2.05) is 31.2 Å². The lowest BCUT2D eigenvalue weighted by atomic mass is 9.97. The predicted molar refractivity (Wildman–Crippen MR) is 102 cm³/mol. The standard InChI is InChI=1S/C20H19F2N3O3S/c1-13-2-4-15(5-3-13)20-23-19(24-28-20)14-8-10-25(11-9-14)29(26,27)16-6-7-17(21)18(22)12-16/h2-7,12,14H,8-11H2,1H3. The summed E-state index contributed by atoms with van der Waals surface area (Å²) in [6, 6.07) is 10.3. The number of aromatic nitrogens is 2. The molecule has 1 aliphatic rings. The number of rotatable bonds is 4. The van der Waals surface area contributed by atoms with E-state index in [9.17, 15) is 17.2 Å². The molecule has 0 bridgehead atoms. The minimum absolute atomic E-state index is 0.0330.